The van der Waals surface area contributed by atoms with Crippen LogP contribution < -0.4 is 0 Å². The van der Waals surface area contributed by atoms with Gasteiger partial charge >= 0.3 is 0 Å². The highest BCUT2D eigenvalue weighted by Gasteiger charge is 2.48. The minimum atomic E-state index is -1.75. The predicted molar refractivity (Wildman–Crippen MR) is 72.2 cm³/mol. The molecule has 0 aliphatic carbocycles. The van der Waals surface area contributed by atoms with Crippen molar-refractivity contribution in [2.24, 2.45) is 0 Å². The number of rotatable bonds is 6. The predicted octanol–water partition coefficient (Wildman–Crippen LogP) is 3.79. The van der Waals surface area contributed by atoms with E-state index >= 15 is 0 Å². The van der Waals surface area contributed by atoms with Gasteiger partial charge in [-0.05, 0) is 45.6 Å². The first-order chi connectivity index (χ1) is 6.64. The first kappa shape index (κ1) is 15.4. The Balaban J connectivity index is 5.05. The highest BCUT2D eigenvalue weighted by Crippen LogP contribution is 2.35. The van der Waals surface area contributed by atoms with Crippen LogP contribution in [0.25, 0.3) is 0 Å². The summed E-state index contributed by atoms with van der Waals surface area (Å²) in [6.45, 7) is 15.7. The van der Waals surface area contributed by atoms with Gasteiger partial charge in [-0.3, -0.25) is 0 Å². The minimum Gasteiger partial charge on any atom is -0.418 e. The van der Waals surface area contributed by atoms with E-state index in [1.54, 1.807) is 0 Å². The Kier molecular flexibility index (Phi) is 5.24. The molecule has 0 aromatic heterocycles. The standard InChI is InChI=1S/C11H28O2Si2/c1-9-11(10-2,13-14(4,5)6)15(7,8)12-3/h9-10H2,1-8H3. The number of hydrogen-bond donors (Lipinski definition) is 0. The second-order valence-electron chi connectivity index (χ2n) is 5.63. The molecule has 92 valence electrons. The van der Waals surface area contributed by atoms with Gasteiger partial charge in [-0.25, -0.2) is 0 Å². The Morgan fingerprint density at radius 1 is 0.933 bits per heavy atom. The van der Waals surface area contributed by atoms with Gasteiger partial charge in [0, 0.05) is 7.11 Å². The third-order valence-corrected chi connectivity index (χ3v) is 8.48. The van der Waals surface area contributed by atoms with Crippen molar-refractivity contribution in [2.75, 3.05) is 7.11 Å². The Morgan fingerprint density at radius 3 is 1.53 bits per heavy atom. The Bertz CT molecular complexity index is 193. The third kappa shape index (κ3) is 3.69. The van der Waals surface area contributed by atoms with E-state index in [0.717, 1.165) is 12.8 Å². The van der Waals surface area contributed by atoms with Crippen LogP contribution in [-0.4, -0.2) is 29.0 Å². The molecular formula is C11H28O2Si2. The number of hydrogen-bond acceptors (Lipinski definition) is 2. The molecule has 0 spiro atoms. The first-order valence-corrected chi connectivity index (χ1v) is 12.2. The summed E-state index contributed by atoms with van der Waals surface area (Å²) < 4.78 is 12.2. The molecule has 0 aliphatic rings. The second-order valence-corrected chi connectivity index (χ2v) is 14.4. The molecule has 4 heteroatoms. The summed E-state index contributed by atoms with van der Waals surface area (Å²) in [5.74, 6) is 0. The van der Waals surface area contributed by atoms with Gasteiger partial charge in [0.1, 0.15) is 0 Å². The highest BCUT2D eigenvalue weighted by molar-refractivity contribution is 6.77. The lowest BCUT2D eigenvalue weighted by Gasteiger charge is -2.46. The van der Waals surface area contributed by atoms with Gasteiger partial charge in [-0.1, -0.05) is 13.8 Å². The molecule has 0 aliphatic heterocycles. The average Bonchev–Trinajstić information content (AvgIpc) is 2.12. The summed E-state index contributed by atoms with van der Waals surface area (Å²) in [6, 6.07) is 0. The van der Waals surface area contributed by atoms with E-state index in [1.807, 2.05) is 7.11 Å². The fourth-order valence-corrected chi connectivity index (χ4v) is 7.58. The van der Waals surface area contributed by atoms with Crippen molar-refractivity contribution in [2.45, 2.75) is 64.6 Å². The van der Waals surface area contributed by atoms with Crippen molar-refractivity contribution in [3.63, 3.8) is 0 Å². The molecule has 0 saturated carbocycles. The largest absolute Gasteiger partial charge is 0.418 e. The van der Waals surface area contributed by atoms with E-state index < -0.39 is 16.6 Å². The fourth-order valence-electron chi connectivity index (χ4n) is 2.14. The molecule has 0 saturated heterocycles. The van der Waals surface area contributed by atoms with E-state index in [9.17, 15) is 0 Å². The molecule has 0 aromatic rings. The van der Waals surface area contributed by atoms with E-state index in [-0.39, 0.29) is 5.22 Å². The molecule has 0 atom stereocenters. The Morgan fingerprint density at radius 2 is 1.33 bits per heavy atom. The molecular weight excluding hydrogens is 220 g/mol. The normalized spacial score (nSPS) is 14.4. The van der Waals surface area contributed by atoms with Gasteiger partial charge in [-0.2, -0.15) is 0 Å². The Labute approximate surface area is 97.6 Å². The lowest BCUT2D eigenvalue weighted by molar-refractivity contribution is 0.102. The molecule has 0 radical (unpaired) electrons. The monoisotopic (exact) mass is 248 g/mol. The topological polar surface area (TPSA) is 18.5 Å². The molecule has 0 fully saturated rings. The molecule has 0 N–H and O–H groups in total. The second kappa shape index (κ2) is 5.12. The SMILES string of the molecule is CCC(CC)(O[Si](C)(C)C)[Si](C)(C)OC. The summed E-state index contributed by atoms with van der Waals surface area (Å²) in [7, 11) is -1.43. The molecule has 0 unspecified atom stereocenters. The zero-order valence-electron chi connectivity index (χ0n) is 11.7. The van der Waals surface area contributed by atoms with Crippen LogP contribution in [0.15, 0.2) is 0 Å². The van der Waals surface area contributed by atoms with Crippen LogP contribution in [-0.2, 0) is 8.85 Å². The van der Waals surface area contributed by atoms with Crippen molar-refractivity contribution >= 4 is 16.6 Å². The first-order valence-electron chi connectivity index (χ1n) is 5.89. The average molecular weight is 249 g/mol. The highest BCUT2D eigenvalue weighted by atomic mass is 28.4. The van der Waals surface area contributed by atoms with Gasteiger partial charge in [0.15, 0.2) is 8.32 Å². The molecule has 2 nitrogen and oxygen atoms in total. The van der Waals surface area contributed by atoms with Crippen LogP contribution in [0.3, 0.4) is 0 Å². The van der Waals surface area contributed by atoms with Crippen molar-refractivity contribution in [3.8, 4) is 0 Å². The zero-order chi connectivity index (χ0) is 12.3. The lowest BCUT2D eigenvalue weighted by Crippen LogP contribution is -2.60. The zero-order valence-corrected chi connectivity index (χ0v) is 13.7. The van der Waals surface area contributed by atoms with Crippen molar-refractivity contribution in [1.82, 2.24) is 0 Å². The Hall–Kier alpha value is 0.354. The van der Waals surface area contributed by atoms with Crippen LogP contribution >= 0.6 is 0 Å². The maximum Gasteiger partial charge on any atom is 0.216 e. The van der Waals surface area contributed by atoms with Crippen LogP contribution in [0.1, 0.15) is 26.7 Å². The van der Waals surface area contributed by atoms with E-state index in [0.29, 0.717) is 0 Å². The van der Waals surface area contributed by atoms with Gasteiger partial charge in [0.25, 0.3) is 0 Å². The summed E-state index contributed by atoms with van der Waals surface area (Å²) in [5.41, 5.74) is 0. The fraction of sp³-hybridized carbons (Fsp3) is 1.00. The van der Waals surface area contributed by atoms with Crippen molar-refractivity contribution in [1.29, 1.82) is 0 Å². The van der Waals surface area contributed by atoms with E-state index in [1.165, 1.54) is 0 Å². The maximum absolute atomic E-state index is 6.46. The smallest absolute Gasteiger partial charge is 0.216 e. The van der Waals surface area contributed by atoms with E-state index in [4.69, 9.17) is 8.85 Å². The molecule has 0 heterocycles. The summed E-state index contributed by atoms with van der Waals surface area (Å²) >= 11 is 0. The third-order valence-electron chi connectivity index (χ3n) is 3.25. The minimum absolute atomic E-state index is 0.00772. The van der Waals surface area contributed by atoms with Crippen molar-refractivity contribution in [3.05, 3.63) is 0 Å². The summed E-state index contributed by atoms with van der Waals surface area (Å²) in [4.78, 5) is 0. The quantitative estimate of drug-likeness (QED) is 0.666. The van der Waals surface area contributed by atoms with Crippen LogP contribution in [0.2, 0.25) is 32.7 Å². The molecule has 0 rings (SSSR count). The van der Waals surface area contributed by atoms with Crippen molar-refractivity contribution < 1.29 is 8.85 Å². The molecule has 0 bridgehead atoms. The maximum atomic E-state index is 6.46. The lowest BCUT2D eigenvalue weighted by atomic mass is 10.2. The summed E-state index contributed by atoms with van der Waals surface area (Å²) in [5, 5.41) is -0.00772. The molecule has 15 heavy (non-hydrogen) atoms. The van der Waals surface area contributed by atoms with Crippen LogP contribution in [0.5, 0.6) is 0 Å². The van der Waals surface area contributed by atoms with Crippen LogP contribution in [0, 0.1) is 0 Å². The molecule has 0 aromatic carbocycles. The van der Waals surface area contributed by atoms with Gasteiger partial charge < -0.3 is 8.85 Å². The van der Waals surface area contributed by atoms with Gasteiger partial charge in [-0.15, -0.1) is 0 Å². The molecule has 0 amide bonds. The van der Waals surface area contributed by atoms with Gasteiger partial charge in [0.05, 0.1) is 5.22 Å². The van der Waals surface area contributed by atoms with Crippen LogP contribution in [0.4, 0.5) is 0 Å². The van der Waals surface area contributed by atoms with E-state index in [2.05, 4.69) is 46.6 Å². The van der Waals surface area contributed by atoms with Gasteiger partial charge in [0.2, 0.25) is 8.32 Å². The summed E-state index contributed by atoms with van der Waals surface area (Å²) in [6.07, 6.45) is 2.11.